The smallest absolute Gasteiger partial charge is 0.236 e. The summed E-state index contributed by atoms with van der Waals surface area (Å²) in [6, 6.07) is -0.455. The maximum atomic E-state index is 11.2. The van der Waals surface area contributed by atoms with Crippen molar-refractivity contribution in [2.45, 2.75) is 39.7 Å². The van der Waals surface area contributed by atoms with Crippen LogP contribution in [0.3, 0.4) is 0 Å². The fraction of sp³-hybridized carbons (Fsp3) is 0.900. The standard InChI is InChI=1S/C10H22N2O2/c1-8(11)9(14)12-7-10(2,3)5-4-6-13/h8,13H,4-7,11H2,1-3H3,(H,12,14)/t8-/m0/s1. The highest BCUT2D eigenvalue weighted by atomic mass is 16.2. The first-order valence-electron chi connectivity index (χ1n) is 5.03. The Balaban J connectivity index is 3.80. The number of nitrogens with two attached hydrogens (primary N) is 1. The number of hydrogen-bond donors (Lipinski definition) is 3. The van der Waals surface area contributed by atoms with Crippen LogP contribution in [0.15, 0.2) is 0 Å². The summed E-state index contributed by atoms with van der Waals surface area (Å²) in [4.78, 5) is 11.2. The Kier molecular flexibility index (Phi) is 5.72. The molecule has 84 valence electrons. The van der Waals surface area contributed by atoms with Gasteiger partial charge in [-0.05, 0) is 25.2 Å². The molecular formula is C10H22N2O2. The molecule has 0 saturated carbocycles. The zero-order valence-electron chi connectivity index (χ0n) is 9.34. The number of hydrogen-bond acceptors (Lipinski definition) is 3. The summed E-state index contributed by atoms with van der Waals surface area (Å²) in [5.74, 6) is -0.123. The van der Waals surface area contributed by atoms with E-state index >= 15 is 0 Å². The predicted octanol–water partition coefficient (Wildman–Crippen LogP) is 0.248. The summed E-state index contributed by atoms with van der Waals surface area (Å²) in [5, 5.41) is 11.5. The lowest BCUT2D eigenvalue weighted by molar-refractivity contribution is -0.122. The molecule has 0 fully saturated rings. The van der Waals surface area contributed by atoms with Crippen molar-refractivity contribution in [1.29, 1.82) is 0 Å². The molecule has 0 spiro atoms. The lowest BCUT2D eigenvalue weighted by Gasteiger charge is -2.25. The number of aliphatic hydroxyl groups excluding tert-OH is 1. The Morgan fingerprint density at radius 2 is 2.14 bits per heavy atom. The van der Waals surface area contributed by atoms with Crippen molar-refractivity contribution in [2.24, 2.45) is 11.1 Å². The Hall–Kier alpha value is -0.610. The van der Waals surface area contributed by atoms with E-state index in [9.17, 15) is 4.79 Å². The van der Waals surface area contributed by atoms with E-state index in [2.05, 4.69) is 19.2 Å². The molecule has 0 aromatic rings. The molecule has 0 aliphatic carbocycles. The SMILES string of the molecule is C[C@H](N)C(=O)NCC(C)(C)CCCO. The topological polar surface area (TPSA) is 75.4 Å². The first-order chi connectivity index (χ1) is 6.39. The van der Waals surface area contributed by atoms with E-state index in [0.29, 0.717) is 6.54 Å². The highest BCUT2D eigenvalue weighted by molar-refractivity contribution is 5.80. The fourth-order valence-corrected chi connectivity index (χ4v) is 1.13. The third-order valence-electron chi connectivity index (χ3n) is 2.17. The molecule has 0 aromatic carbocycles. The zero-order valence-corrected chi connectivity index (χ0v) is 9.34. The van der Waals surface area contributed by atoms with Gasteiger partial charge in [0.15, 0.2) is 0 Å². The van der Waals surface area contributed by atoms with E-state index in [0.717, 1.165) is 12.8 Å². The van der Waals surface area contributed by atoms with Crippen LogP contribution in [0.5, 0.6) is 0 Å². The molecule has 14 heavy (non-hydrogen) atoms. The number of carbonyl (C=O) groups is 1. The van der Waals surface area contributed by atoms with Crippen molar-refractivity contribution in [1.82, 2.24) is 5.32 Å². The molecule has 1 amide bonds. The molecule has 0 bridgehead atoms. The van der Waals surface area contributed by atoms with Crippen molar-refractivity contribution in [3.63, 3.8) is 0 Å². The Bertz CT molecular complexity index is 179. The first-order valence-corrected chi connectivity index (χ1v) is 5.03. The van der Waals surface area contributed by atoms with E-state index in [1.54, 1.807) is 6.92 Å². The molecule has 0 unspecified atom stereocenters. The van der Waals surface area contributed by atoms with E-state index in [1.807, 2.05) is 0 Å². The predicted molar refractivity (Wildman–Crippen MR) is 56.8 cm³/mol. The normalized spacial score (nSPS) is 13.8. The molecule has 0 aliphatic rings. The van der Waals surface area contributed by atoms with E-state index in [-0.39, 0.29) is 17.9 Å². The minimum Gasteiger partial charge on any atom is -0.396 e. The van der Waals surface area contributed by atoms with Gasteiger partial charge < -0.3 is 16.2 Å². The molecule has 4 heteroatoms. The average Bonchev–Trinajstić information content (AvgIpc) is 2.11. The lowest BCUT2D eigenvalue weighted by atomic mass is 9.88. The summed E-state index contributed by atoms with van der Waals surface area (Å²) < 4.78 is 0. The van der Waals surface area contributed by atoms with Crippen molar-refractivity contribution in [3.05, 3.63) is 0 Å². The molecule has 0 aliphatic heterocycles. The summed E-state index contributed by atoms with van der Waals surface area (Å²) >= 11 is 0. The van der Waals surface area contributed by atoms with Gasteiger partial charge in [0.25, 0.3) is 0 Å². The third kappa shape index (κ3) is 5.94. The average molecular weight is 202 g/mol. The van der Waals surface area contributed by atoms with Crippen LogP contribution in [0.4, 0.5) is 0 Å². The molecule has 0 heterocycles. The van der Waals surface area contributed by atoms with Crippen LogP contribution < -0.4 is 11.1 Å². The van der Waals surface area contributed by atoms with Crippen LogP contribution in [0.1, 0.15) is 33.6 Å². The van der Waals surface area contributed by atoms with Gasteiger partial charge in [0.05, 0.1) is 6.04 Å². The Morgan fingerprint density at radius 3 is 2.57 bits per heavy atom. The Morgan fingerprint density at radius 1 is 1.57 bits per heavy atom. The first kappa shape index (κ1) is 13.4. The molecule has 0 radical (unpaired) electrons. The fourth-order valence-electron chi connectivity index (χ4n) is 1.13. The summed E-state index contributed by atoms with van der Waals surface area (Å²) in [7, 11) is 0. The molecule has 0 saturated heterocycles. The van der Waals surface area contributed by atoms with Gasteiger partial charge in [-0.3, -0.25) is 4.79 Å². The number of aliphatic hydroxyl groups is 1. The van der Waals surface area contributed by atoms with Crippen molar-refractivity contribution >= 4 is 5.91 Å². The second-order valence-electron chi connectivity index (χ2n) is 4.50. The quantitative estimate of drug-likeness (QED) is 0.578. The molecule has 4 N–H and O–H groups in total. The summed E-state index contributed by atoms with van der Waals surface area (Å²) in [6.45, 7) is 6.59. The van der Waals surface area contributed by atoms with Gasteiger partial charge in [-0.25, -0.2) is 0 Å². The molecule has 1 atom stereocenters. The molecule has 0 rings (SSSR count). The number of carbonyl (C=O) groups excluding carboxylic acids is 1. The molecule has 0 aromatic heterocycles. The second-order valence-corrected chi connectivity index (χ2v) is 4.50. The highest BCUT2D eigenvalue weighted by Gasteiger charge is 2.18. The van der Waals surface area contributed by atoms with Crippen molar-refractivity contribution in [2.75, 3.05) is 13.2 Å². The minimum atomic E-state index is -0.455. The largest absolute Gasteiger partial charge is 0.396 e. The number of rotatable bonds is 6. The van der Waals surface area contributed by atoms with Crippen LogP contribution in [0, 0.1) is 5.41 Å². The van der Waals surface area contributed by atoms with E-state index < -0.39 is 6.04 Å². The lowest BCUT2D eigenvalue weighted by Crippen LogP contribution is -2.42. The van der Waals surface area contributed by atoms with Crippen LogP contribution in [-0.2, 0) is 4.79 Å². The zero-order chi connectivity index (χ0) is 11.2. The summed E-state index contributed by atoms with van der Waals surface area (Å²) in [6.07, 6.45) is 1.66. The molecule has 4 nitrogen and oxygen atoms in total. The minimum absolute atomic E-state index is 0.0211. The Labute approximate surface area is 85.9 Å². The number of nitrogens with one attached hydrogen (secondary N) is 1. The van der Waals surface area contributed by atoms with Crippen LogP contribution in [0.2, 0.25) is 0 Å². The van der Waals surface area contributed by atoms with Gasteiger partial charge >= 0.3 is 0 Å². The summed E-state index contributed by atoms with van der Waals surface area (Å²) in [5.41, 5.74) is 5.43. The van der Waals surface area contributed by atoms with Crippen LogP contribution in [0.25, 0.3) is 0 Å². The monoisotopic (exact) mass is 202 g/mol. The maximum Gasteiger partial charge on any atom is 0.236 e. The van der Waals surface area contributed by atoms with E-state index in [4.69, 9.17) is 10.8 Å². The van der Waals surface area contributed by atoms with Crippen molar-refractivity contribution in [3.8, 4) is 0 Å². The van der Waals surface area contributed by atoms with Gasteiger partial charge in [-0.1, -0.05) is 13.8 Å². The van der Waals surface area contributed by atoms with Gasteiger partial charge in [0.1, 0.15) is 0 Å². The van der Waals surface area contributed by atoms with Gasteiger partial charge in [0.2, 0.25) is 5.91 Å². The maximum absolute atomic E-state index is 11.2. The number of amides is 1. The van der Waals surface area contributed by atoms with Gasteiger partial charge in [-0.2, -0.15) is 0 Å². The second kappa shape index (κ2) is 5.98. The molecular weight excluding hydrogens is 180 g/mol. The van der Waals surface area contributed by atoms with Crippen LogP contribution >= 0.6 is 0 Å². The van der Waals surface area contributed by atoms with Crippen molar-refractivity contribution < 1.29 is 9.90 Å². The highest BCUT2D eigenvalue weighted by Crippen LogP contribution is 2.20. The van der Waals surface area contributed by atoms with Gasteiger partial charge in [0, 0.05) is 13.2 Å². The van der Waals surface area contributed by atoms with E-state index in [1.165, 1.54) is 0 Å². The van der Waals surface area contributed by atoms with Gasteiger partial charge in [-0.15, -0.1) is 0 Å². The third-order valence-corrected chi connectivity index (χ3v) is 2.17. The van der Waals surface area contributed by atoms with Crippen LogP contribution in [-0.4, -0.2) is 30.2 Å².